The van der Waals surface area contributed by atoms with Gasteiger partial charge in [-0.2, -0.15) is 0 Å². The number of ether oxygens (including phenoxy) is 1. The topological polar surface area (TPSA) is 128 Å². The predicted molar refractivity (Wildman–Crippen MR) is 111 cm³/mol. The number of hydrogen-bond donors (Lipinski definition) is 1. The van der Waals surface area contributed by atoms with Gasteiger partial charge in [-0.1, -0.05) is 34.5 Å². The molecule has 13 heteroatoms. The molecule has 9 nitrogen and oxygen atoms in total. The van der Waals surface area contributed by atoms with E-state index in [1.807, 2.05) is 0 Å². The van der Waals surface area contributed by atoms with Crippen LogP contribution in [-0.4, -0.2) is 30.8 Å². The summed E-state index contributed by atoms with van der Waals surface area (Å²) in [4.78, 5) is 25.9. The standard InChI is InChI=1S/C17H11Cl2N3O6S2/c18-10-1-6-13(19)14(7-10)28-9-15(23)21-17-20-8-16(29-17)30(26,27)12-4-2-11(3-5-12)22(24)25/h1-8H,9H2,(H,20,21,23). The SMILES string of the molecule is O=C(COc1cc(Cl)ccc1Cl)Nc1ncc(S(=O)(=O)c2ccc([N+](=O)[O-])cc2)s1. The maximum Gasteiger partial charge on any atom is 0.269 e. The third kappa shape index (κ3) is 5.05. The van der Waals surface area contributed by atoms with Gasteiger partial charge in [0.1, 0.15) is 9.96 Å². The molecule has 0 aliphatic carbocycles. The Labute approximate surface area is 184 Å². The average molecular weight is 488 g/mol. The predicted octanol–water partition coefficient (Wildman–Crippen LogP) is 4.21. The number of rotatable bonds is 7. The number of hydrogen-bond acceptors (Lipinski definition) is 8. The molecule has 0 fully saturated rings. The van der Waals surface area contributed by atoms with Crippen LogP contribution < -0.4 is 10.1 Å². The van der Waals surface area contributed by atoms with Gasteiger partial charge >= 0.3 is 0 Å². The van der Waals surface area contributed by atoms with Crippen molar-refractivity contribution in [2.75, 3.05) is 11.9 Å². The largest absolute Gasteiger partial charge is 0.482 e. The third-order valence-corrected chi connectivity index (χ3v) is 7.30. The van der Waals surface area contributed by atoms with Gasteiger partial charge in [-0.15, -0.1) is 0 Å². The first kappa shape index (κ1) is 22.0. The van der Waals surface area contributed by atoms with Crippen molar-refractivity contribution in [2.24, 2.45) is 0 Å². The maximum absolute atomic E-state index is 12.6. The number of amides is 1. The van der Waals surface area contributed by atoms with Crippen molar-refractivity contribution in [2.45, 2.75) is 9.10 Å². The van der Waals surface area contributed by atoms with Gasteiger partial charge in [0, 0.05) is 23.2 Å². The summed E-state index contributed by atoms with van der Waals surface area (Å²) in [6.45, 7) is -0.399. The summed E-state index contributed by atoms with van der Waals surface area (Å²) in [7, 11) is -3.94. The van der Waals surface area contributed by atoms with E-state index in [9.17, 15) is 23.3 Å². The maximum atomic E-state index is 12.6. The van der Waals surface area contributed by atoms with Crippen LogP contribution >= 0.6 is 34.5 Å². The van der Waals surface area contributed by atoms with Crippen LogP contribution in [0.4, 0.5) is 10.8 Å². The molecular formula is C17H11Cl2N3O6S2. The molecule has 0 aliphatic rings. The summed E-state index contributed by atoms with van der Waals surface area (Å²) < 4.78 is 30.4. The minimum atomic E-state index is -3.94. The second-order valence-electron chi connectivity index (χ2n) is 5.65. The number of nitrogens with zero attached hydrogens (tertiary/aromatic N) is 2. The Morgan fingerprint density at radius 3 is 2.57 bits per heavy atom. The van der Waals surface area contributed by atoms with Gasteiger partial charge in [0.15, 0.2) is 11.7 Å². The number of thiazole rings is 1. The first-order chi connectivity index (χ1) is 14.2. The number of benzene rings is 2. The van der Waals surface area contributed by atoms with Gasteiger partial charge in [-0.05, 0) is 24.3 Å². The molecule has 3 rings (SSSR count). The number of nitro benzene ring substituents is 1. The monoisotopic (exact) mass is 487 g/mol. The molecule has 0 radical (unpaired) electrons. The molecule has 1 amide bonds. The summed E-state index contributed by atoms with van der Waals surface area (Å²) in [6, 6.07) is 8.99. The van der Waals surface area contributed by atoms with Crippen molar-refractivity contribution in [1.82, 2.24) is 4.98 Å². The molecule has 0 spiro atoms. The van der Waals surface area contributed by atoms with Gasteiger partial charge in [0.05, 0.1) is 21.0 Å². The second-order valence-corrected chi connectivity index (χ2v) is 9.70. The fourth-order valence-corrected chi connectivity index (χ4v) is 4.97. The molecule has 0 saturated heterocycles. The zero-order valence-electron chi connectivity index (χ0n) is 14.7. The van der Waals surface area contributed by atoms with Crippen molar-refractivity contribution < 1.29 is 22.9 Å². The van der Waals surface area contributed by atoms with Crippen LogP contribution in [-0.2, 0) is 14.6 Å². The van der Waals surface area contributed by atoms with Crippen molar-refractivity contribution in [1.29, 1.82) is 0 Å². The zero-order valence-corrected chi connectivity index (χ0v) is 17.9. The van der Waals surface area contributed by atoms with Crippen molar-refractivity contribution in [3.63, 3.8) is 0 Å². The number of carbonyl (C=O) groups is 1. The molecule has 0 bridgehead atoms. The number of aromatic nitrogens is 1. The van der Waals surface area contributed by atoms with Crippen LogP contribution in [0.2, 0.25) is 10.0 Å². The molecular weight excluding hydrogens is 477 g/mol. The van der Waals surface area contributed by atoms with E-state index in [-0.39, 0.29) is 30.7 Å². The molecule has 0 atom stereocenters. The molecule has 0 saturated carbocycles. The second kappa shape index (κ2) is 8.96. The van der Waals surface area contributed by atoms with Crippen molar-refractivity contribution in [3.8, 4) is 5.75 Å². The molecule has 2 aromatic carbocycles. The number of non-ortho nitro benzene ring substituents is 1. The van der Waals surface area contributed by atoms with Crippen molar-refractivity contribution in [3.05, 3.63) is 68.8 Å². The van der Waals surface area contributed by atoms with Crippen LogP contribution in [0.25, 0.3) is 0 Å². The van der Waals surface area contributed by atoms with E-state index in [0.29, 0.717) is 5.02 Å². The minimum Gasteiger partial charge on any atom is -0.482 e. The Bertz CT molecular complexity index is 1210. The Hall–Kier alpha value is -2.73. The van der Waals surface area contributed by atoms with E-state index >= 15 is 0 Å². The number of sulfone groups is 1. The van der Waals surface area contributed by atoms with Crippen LogP contribution in [0.15, 0.2) is 57.8 Å². The van der Waals surface area contributed by atoms with Crippen LogP contribution in [0, 0.1) is 10.1 Å². The fraction of sp³-hybridized carbons (Fsp3) is 0.0588. The Balaban J connectivity index is 1.67. The first-order valence-electron chi connectivity index (χ1n) is 8.00. The molecule has 0 unspecified atom stereocenters. The lowest BCUT2D eigenvalue weighted by Gasteiger charge is -2.07. The number of carbonyl (C=O) groups excluding carboxylic acids is 1. The summed E-state index contributed by atoms with van der Waals surface area (Å²) in [5.74, 6) is -0.362. The Kier molecular flexibility index (Phi) is 6.56. The van der Waals surface area contributed by atoms with E-state index in [0.717, 1.165) is 41.8 Å². The van der Waals surface area contributed by atoms with Crippen LogP contribution in [0.5, 0.6) is 5.75 Å². The molecule has 156 valence electrons. The highest BCUT2D eigenvalue weighted by Gasteiger charge is 2.22. The van der Waals surface area contributed by atoms with Crippen LogP contribution in [0.3, 0.4) is 0 Å². The number of halogens is 2. The quantitative estimate of drug-likeness (QED) is 0.390. The lowest BCUT2D eigenvalue weighted by atomic mass is 10.3. The lowest BCUT2D eigenvalue weighted by Crippen LogP contribution is -2.20. The highest BCUT2D eigenvalue weighted by molar-refractivity contribution is 7.93. The highest BCUT2D eigenvalue weighted by Crippen LogP contribution is 2.30. The van der Waals surface area contributed by atoms with E-state index in [2.05, 4.69) is 10.3 Å². The smallest absolute Gasteiger partial charge is 0.269 e. The number of nitro groups is 1. The molecule has 1 heterocycles. The molecule has 30 heavy (non-hydrogen) atoms. The number of nitrogens with one attached hydrogen (secondary N) is 1. The molecule has 1 aromatic heterocycles. The first-order valence-corrected chi connectivity index (χ1v) is 11.1. The molecule has 1 N–H and O–H groups in total. The van der Waals surface area contributed by atoms with E-state index in [1.165, 1.54) is 12.1 Å². The minimum absolute atomic E-state index is 0.0428. The van der Waals surface area contributed by atoms with Crippen LogP contribution in [0.1, 0.15) is 0 Å². The van der Waals surface area contributed by atoms with E-state index in [1.54, 1.807) is 6.07 Å². The van der Waals surface area contributed by atoms with Gasteiger partial charge in [0.2, 0.25) is 9.84 Å². The zero-order chi connectivity index (χ0) is 21.9. The number of anilines is 1. The molecule has 3 aromatic rings. The molecule has 0 aliphatic heterocycles. The van der Waals surface area contributed by atoms with Gasteiger partial charge < -0.3 is 4.74 Å². The van der Waals surface area contributed by atoms with E-state index in [4.69, 9.17) is 27.9 Å². The normalized spacial score (nSPS) is 11.1. The average Bonchev–Trinajstić information content (AvgIpc) is 3.18. The third-order valence-electron chi connectivity index (χ3n) is 3.61. The van der Waals surface area contributed by atoms with Crippen molar-refractivity contribution >= 4 is 61.1 Å². The van der Waals surface area contributed by atoms with E-state index < -0.39 is 27.3 Å². The van der Waals surface area contributed by atoms with Gasteiger partial charge in [-0.3, -0.25) is 20.2 Å². The highest BCUT2D eigenvalue weighted by atomic mass is 35.5. The Morgan fingerprint density at radius 1 is 1.20 bits per heavy atom. The summed E-state index contributed by atoms with van der Waals surface area (Å²) >= 11 is 12.5. The summed E-state index contributed by atoms with van der Waals surface area (Å²) in [5.41, 5.74) is -0.231. The summed E-state index contributed by atoms with van der Waals surface area (Å²) in [5, 5.41) is 13.8. The lowest BCUT2D eigenvalue weighted by molar-refractivity contribution is -0.384. The van der Waals surface area contributed by atoms with Gasteiger partial charge in [0.25, 0.3) is 11.6 Å². The summed E-state index contributed by atoms with van der Waals surface area (Å²) in [6.07, 6.45) is 1.09. The fourth-order valence-electron chi connectivity index (χ4n) is 2.19. The van der Waals surface area contributed by atoms with Gasteiger partial charge in [-0.25, -0.2) is 13.4 Å². The Morgan fingerprint density at radius 2 is 1.90 bits per heavy atom.